The first-order chi connectivity index (χ1) is 6.36. The summed E-state index contributed by atoms with van der Waals surface area (Å²) >= 11 is 0. The molecule has 3 nitrogen and oxygen atoms in total. The van der Waals surface area contributed by atoms with Gasteiger partial charge < -0.3 is 10.6 Å². The molecule has 0 saturated heterocycles. The van der Waals surface area contributed by atoms with E-state index in [-0.39, 0.29) is 6.04 Å². The van der Waals surface area contributed by atoms with Gasteiger partial charge in [0.2, 0.25) is 0 Å². The van der Waals surface area contributed by atoms with Gasteiger partial charge in [0, 0.05) is 12.6 Å². The summed E-state index contributed by atoms with van der Waals surface area (Å²) in [5.74, 6) is 0. The van der Waals surface area contributed by atoms with Crippen LogP contribution in [0.3, 0.4) is 0 Å². The van der Waals surface area contributed by atoms with E-state index in [0.717, 1.165) is 6.42 Å². The average molecular weight is 180 g/mol. The number of hydroxylamine groups is 1. The Hall–Kier alpha value is -0.900. The minimum atomic E-state index is 0.187. The van der Waals surface area contributed by atoms with Gasteiger partial charge in [0.05, 0.1) is 7.11 Å². The van der Waals surface area contributed by atoms with Crippen molar-refractivity contribution in [3.63, 3.8) is 0 Å². The van der Waals surface area contributed by atoms with Crippen LogP contribution >= 0.6 is 0 Å². The van der Waals surface area contributed by atoms with Crippen molar-refractivity contribution >= 4 is 0 Å². The van der Waals surface area contributed by atoms with Crippen LogP contribution < -0.4 is 11.2 Å². The van der Waals surface area contributed by atoms with E-state index in [4.69, 9.17) is 10.6 Å². The van der Waals surface area contributed by atoms with Crippen molar-refractivity contribution in [1.82, 2.24) is 5.48 Å². The number of benzene rings is 1. The molecule has 3 heteroatoms. The zero-order valence-corrected chi connectivity index (χ0v) is 7.86. The summed E-state index contributed by atoms with van der Waals surface area (Å²) in [6, 6.07) is 10.4. The predicted octanol–water partition coefficient (Wildman–Crippen LogP) is 0.707. The minimum Gasteiger partial charge on any atom is -0.329 e. The molecule has 0 bridgehead atoms. The lowest BCUT2D eigenvalue weighted by atomic mass is 10.1. The molecular formula is C10H16N2O. The first kappa shape index (κ1) is 10.2. The Kier molecular flexibility index (Phi) is 4.46. The van der Waals surface area contributed by atoms with Crippen LogP contribution in [0.1, 0.15) is 5.56 Å². The topological polar surface area (TPSA) is 47.3 Å². The lowest BCUT2D eigenvalue weighted by molar-refractivity contribution is 0.0632. The smallest absolute Gasteiger partial charge is 0.0572 e. The van der Waals surface area contributed by atoms with Crippen molar-refractivity contribution in [2.45, 2.75) is 12.5 Å². The highest BCUT2D eigenvalue weighted by atomic mass is 16.6. The summed E-state index contributed by atoms with van der Waals surface area (Å²) in [6.45, 7) is 0.572. The Bertz CT molecular complexity index is 226. The number of nitrogens with two attached hydrogens (primary N) is 1. The van der Waals surface area contributed by atoms with E-state index in [0.29, 0.717) is 6.54 Å². The van der Waals surface area contributed by atoms with E-state index < -0.39 is 0 Å². The third-order valence-electron chi connectivity index (χ3n) is 1.89. The van der Waals surface area contributed by atoms with Crippen molar-refractivity contribution in [3.05, 3.63) is 35.9 Å². The molecule has 1 atom stereocenters. The molecule has 0 saturated carbocycles. The highest BCUT2D eigenvalue weighted by Gasteiger charge is 2.05. The Morgan fingerprint density at radius 2 is 2.08 bits per heavy atom. The zero-order valence-electron chi connectivity index (χ0n) is 7.86. The molecule has 0 aliphatic carbocycles. The molecule has 0 spiro atoms. The van der Waals surface area contributed by atoms with Gasteiger partial charge in [-0.25, -0.2) is 0 Å². The fourth-order valence-electron chi connectivity index (χ4n) is 1.24. The Balaban J connectivity index is 2.46. The quantitative estimate of drug-likeness (QED) is 0.656. The molecule has 0 fully saturated rings. The van der Waals surface area contributed by atoms with Crippen molar-refractivity contribution in [3.8, 4) is 0 Å². The molecule has 1 rings (SSSR count). The lowest BCUT2D eigenvalue weighted by Crippen LogP contribution is -2.37. The van der Waals surface area contributed by atoms with Gasteiger partial charge in [0.15, 0.2) is 0 Å². The van der Waals surface area contributed by atoms with Gasteiger partial charge in [-0.3, -0.25) is 0 Å². The molecule has 72 valence electrons. The van der Waals surface area contributed by atoms with Gasteiger partial charge in [-0.05, 0) is 12.0 Å². The predicted molar refractivity (Wildman–Crippen MR) is 53.1 cm³/mol. The fourth-order valence-corrected chi connectivity index (χ4v) is 1.24. The molecule has 3 N–H and O–H groups in total. The van der Waals surface area contributed by atoms with Crippen LogP contribution in [-0.2, 0) is 11.3 Å². The normalized spacial score (nSPS) is 12.8. The van der Waals surface area contributed by atoms with E-state index in [1.807, 2.05) is 18.2 Å². The number of hydrogen-bond donors (Lipinski definition) is 2. The van der Waals surface area contributed by atoms with Crippen molar-refractivity contribution in [1.29, 1.82) is 0 Å². The molecule has 13 heavy (non-hydrogen) atoms. The van der Waals surface area contributed by atoms with Gasteiger partial charge in [-0.2, -0.15) is 5.48 Å². The number of rotatable bonds is 5. The largest absolute Gasteiger partial charge is 0.329 e. The molecule has 1 aromatic rings. The minimum absolute atomic E-state index is 0.187. The molecule has 1 unspecified atom stereocenters. The van der Waals surface area contributed by atoms with E-state index in [2.05, 4.69) is 17.6 Å². The Morgan fingerprint density at radius 1 is 1.38 bits per heavy atom. The lowest BCUT2D eigenvalue weighted by Gasteiger charge is -2.14. The average Bonchev–Trinajstić information content (AvgIpc) is 2.19. The molecule has 0 heterocycles. The SMILES string of the molecule is CONC(CN)Cc1ccccc1. The molecule has 0 amide bonds. The second kappa shape index (κ2) is 5.70. The highest BCUT2D eigenvalue weighted by Crippen LogP contribution is 2.01. The number of nitrogens with one attached hydrogen (secondary N) is 1. The van der Waals surface area contributed by atoms with Crippen molar-refractivity contribution in [2.75, 3.05) is 13.7 Å². The molecule has 0 aliphatic rings. The molecule has 0 aliphatic heterocycles. The van der Waals surface area contributed by atoms with Crippen LogP contribution in [0.2, 0.25) is 0 Å². The van der Waals surface area contributed by atoms with Crippen LogP contribution in [0.5, 0.6) is 0 Å². The van der Waals surface area contributed by atoms with E-state index in [1.54, 1.807) is 7.11 Å². The maximum Gasteiger partial charge on any atom is 0.0572 e. The second-order valence-corrected chi connectivity index (χ2v) is 2.94. The third-order valence-corrected chi connectivity index (χ3v) is 1.89. The van der Waals surface area contributed by atoms with Crippen LogP contribution in [0, 0.1) is 0 Å². The first-order valence-electron chi connectivity index (χ1n) is 4.39. The summed E-state index contributed by atoms with van der Waals surface area (Å²) in [5.41, 5.74) is 9.69. The summed E-state index contributed by atoms with van der Waals surface area (Å²) in [6.07, 6.45) is 0.894. The summed E-state index contributed by atoms with van der Waals surface area (Å²) in [4.78, 5) is 4.84. The van der Waals surface area contributed by atoms with E-state index >= 15 is 0 Å². The van der Waals surface area contributed by atoms with Gasteiger partial charge in [-0.15, -0.1) is 0 Å². The second-order valence-electron chi connectivity index (χ2n) is 2.94. The summed E-state index contributed by atoms with van der Waals surface area (Å²) in [7, 11) is 1.60. The third kappa shape index (κ3) is 3.55. The number of hydrogen-bond acceptors (Lipinski definition) is 3. The fraction of sp³-hybridized carbons (Fsp3) is 0.400. The van der Waals surface area contributed by atoms with Crippen LogP contribution in [0.4, 0.5) is 0 Å². The van der Waals surface area contributed by atoms with E-state index in [1.165, 1.54) is 5.56 Å². The van der Waals surface area contributed by atoms with Gasteiger partial charge in [-0.1, -0.05) is 30.3 Å². The maximum atomic E-state index is 5.56. The van der Waals surface area contributed by atoms with Crippen molar-refractivity contribution < 1.29 is 4.84 Å². The first-order valence-corrected chi connectivity index (χ1v) is 4.39. The van der Waals surface area contributed by atoms with Gasteiger partial charge in [0.25, 0.3) is 0 Å². The highest BCUT2D eigenvalue weighted by molar-refractivity contribution is 5.15. The van der Waals surface area contributed by atoms with Gasteiger partial charge >= 0.3 is 0 Å². The summed E-state index contributed by atoms with van der Waals surface area (Å²) < 4.78 is 0. The summed E-state index contributed by atoms with van der Waals surface area (Å²) in [5, 5.41) is 0. The maximum absolute atomic E-state index is 5.56. The molecule has 0 aromatic heterocycles. The monoisotopic (exact) mass is 180 g/mol. The van der Waals surface area contributed by atoms with Gasteiger partial charge in [0.1, 0.15) is 0 Å². The molecule has 0 radical (unpaired) electrons. The standard InChI is InChI=1S/C10H16N2O/c1-13-12-10(8-11)7-9-5-3-2-4-6-9/h2-6,10,12H,7-8,11H2,1H3. The van der Waals surface area contributed by atoms with Crippen LogP contribution in [0.25, 0.3) is 0 Å². The van der Waals surface area contributed by atoms with Crippen molar-refractivity contribution in [2.24, 2.45) is 5.73 Å². The van der Waals surface area contributed by atoms with Crippen LogP contribution in [0.15, 0.2) is 30.3 Å². The molecule has 1 aromatic carbocycles. The Labute approximate surface area is 78.8 Å². The zero-order chi connectivity index (χ0) is 9.52. The van der Waals surface area contributed by atoms with Crippen LogP contribution in [-0.4, -0.2) is 19.7 Å². The molecular weight excluding hydrogens is 164 g/mol. The Morgan fingerprint density at radius 3 is 2.62 bits per heavy atom. The van der Waals surface area contributed by atoms with E-state index in [9.17, 15) is 0 Å².